The van der Waals surface area contributed by atoms with E-state index in [9.17, 15) is 4.79 Å². The van der Waals surface area contributed by atoms with E-state index in [0.717, 1.165) is 19.5 Å². The molecule has 14 heavy (non-hydrogen) atoms. The summed E-state index contributed by atoms with van der Waals surface area (Å²) in [6.45, 7) is 2.14. The summed E-state index contributed by atoms with van der Waals surface area (Å²) in [5.74, 6) is 0.467. The molecule has 0 bridgehead atoms. The zero-order chi connectivity index (χ0) is 9.97. The minimum absolute atomic E-state index is 0.0316. The molecule has 4 nitrogen and oxygen atoms in total. The number of ketones is 1. The standard InChI is InChI=1S/C10H14N2O2/c11-8-3-4-12(6-8)7-9(13)10-2-1-5-14-10/h1-2,5,8H,3-4,6-7,11H2/t8-/m0/s1. The molecule has 1 aromatic rings. The molecule has 4 heteroatoms. The van der Waals surface area contributed by atoms with Crippen LogP contribution in [0.15, 0.2) is 22.8 Å². The molecule has 0 unspecified atom stereocenters. The fourth-order valence-electron chi connectivity index (χ4n) is 1.72. The first-order valence-corrected chi connectivity index (χ1v) is 4.80. The molecule has 0 spiro atoms. The zero-order valence-electron chi connectivity index (χ0n) is 7.98. The molecule has 0 aliphatic carbocycles. The highest BCUT2D eigenvalue weighted by Gasteiger charge is 2.22. The second kappa shape index (κ2) is 3.94. The Morgan fingerprint density at radius 2 is 2.57 bits per heavy atom. The van der Waals surface area contributed by atoms with Gasteiger partial charge in [0.2, 0.25) is 5.78 Å². The topological polar surface area (TPSA) is 59.5 Å². The van der Waals surface area contributed by atoms with Gasteiger partial charge in [0.1, 0.15) is 0 Å². The third kappa shape index (κ3) is 2.02. The molecule has 2 N–H and O–H groups in total. The van der Waals surface area contributed by atoms with Crippen molar-refractivity contribution < 1.29 is 9.21 Å². The average molecular weight is 194 g/mol. The summed E-state index contributed by atoms with van der Waals surface area (Å²) in [6, 6.07) is 3.64. The van der Waals surface area contributed by atoms with Crippen molar-refractivity contribution in [3.05, 3.63) is 24.2 Å². The summed E-state index contributed by atoms with van der Waals surface area (Å²) >= 11 is 0. The molecule has 2 rings (SSSR count). The molecule has 76 valence electrons. The molecule has 0 radical (unpaired) electrons. The van der Waals surface area contributed by atoms with Crippen LogP contribution in [0.25, 0.3) is 0 Å². The molecule has 2 heterocycles. The third-order valence-electron chi connectivity index (χ3n) is 2.47. The number of likely N-dealkylation sites (tertiary alicyclic amines) is 1. The molecular weight excluding hydrogens is 180 g/mol. The number of rotatable bonds is 3. The van der Waals surface area contributed by atoms with Crippen molar-refractivity contribution in [2.75, 3.05) is 19.6 Å². The van der Waals surface area contributed by atoms with Crippen LogP contribution in [0.1, 0.15) is 17.0 Å². The normalized spacial score (nSPS) is 22.8. The first-order chi connectivity index (χ1) is 6.75. The summed E-state index contributed by atoms with van der Waals surface area (Å²) in [5, 5.41) is 0. The smallest absolute Gasteiger partial charge is 0.211 e. The Kier molecular flexibility index (Phi) is 2.65. The minimum atomic E-state index is 0.0316. The Morgan fingerprint density at radius 1 is 1.71 bits per heavy atom. The molecule has 0 aromatic carbocycles. The second-order valence-electron chi connectivity index (χ2n) is 3.68. The number of nitrogens with zero attached hydrogens (tertiary/aromatic N) is 1. The molecule has 1 aromatic heterocycles. The van der Waals surface area contributed by atoms with Crippen molar-refractivity contribution in [3.8, 4) is 0 Å². The Morgan fingerprint density at radius 3 is 3.14 bits per heavy atom. The fraction of sp³-hybridized carbons (Fsp3) is 0.500. The molecule has 1 atom stereocenters. The molecular formula is C10H14N2O2. The van der Waals surface area contributed by atoms with Crippen molar-refractivity contribution in [1.29, 1.82) is 0 Å². The molecule has 0 amide bonds. The van der Waals surface area contributed by atoms with Gasteiger partial charge >= 0.3 is 0 Å². The van der Waals surface area contributed by atoms with Crippen LogP contribution in [0.4, 0.5) is 0 Å². The lowest BCUT2D eigenvalue weighted by atomic mass is 10.3. The Balaban J connectivity index is 1.89. The van der Waals surface area contributed by atoms with E-state index in [4.69, 9.17) is 10.2 Å². The molecule has 1 aliphatic heterocycles. The predicted octanol–water partition coefficient (Wildman–Crippen LogP) is 0.495. The Labute approximate surface area is 82.7 Å². The van der Waals surface area contributed by atoms with E-state index in [1.807, 2.05) is 0 Å². The summed E-state index contributed by atoms with van der Waals surface area (Å²) in [7, 11) is 0. The van der Waals surface area contributed by atoms with Gasteiger partial charge in [-0.3, -0.25) is 9.69 Å². The van der Waals surface area contributed by atoms with Crippen molar-refractivity contribution in [2.24, 2.45) is 5.73 Å². The van der Waals surface area contributed by atoms with Crippen LogP contribution in [0.2, 0.25) is 0 Å². The second-order valence-corrected chi connectivity index (χ2v) is 3.68. The fourth-order valence-corrected chi connectivity index (χ4v) is 1.72. The van der Waals surface area contributed by atoms with E-state index >= 15 is 0 Å². The molecule has 1 fully saturated rings. The highest BCUT2D eigenvalue weighted by Crippen LogP contribution is 2.09. The van der Waals surface area contributed by atoms with Gasteiger partial charge < -0.3 is 10.2 Å². The van der Waals surface area contributed by atoms with Crippen LogP contribution in [0.5, 0.6) is 0 Å². The van der Waals surface area contributed by atoms with Gasteiger partial charge in [-0.25, -0.2) is 0 Å². The van der Waals surface area contributed by atoms with Gasteiger partial charge in [0.25, 0.3) is 0 Å². The van der Waals surface area contributed by atoms with Gasteiger partial charge in [-0.1, -0.05) is 0 Å². The van der Waals surface area contributed by atoms with Crippen molar-refractivity contribution in [1.82, 2.24) is 4.90 Å². The van der Waals surface area contributed by atoms with Crippen molar-refractivity contribution >= 4 is 5.78 Å². The maximum Gasteiger partial charge on any atom is 0.211 e. The Bertz CT molecular complexity index is 308. The lowest BCUT2D eigenvalue weighted by Crippen LogP contribution is -2.30. The number of hydrogen-bond donors (Lipinski definition) is 1. The van der Waals surface area contributed by atoms with E-state index in [-0.39, 0.29) is 11.8 Å². The largest absolute Gasteiger partial charge is 0.461 e. The highest BCUT2D eigenvalue weighted by atomic mass is 16.3. The van der Waals surface area contributed by atoms with Crippen molar-refractivity contribution in [3.63, 3.8) is 0 Å². The van der Waals surface area contributed by atoms with Gasteiger partial charge in [-0.15, -0.1) is 0 Å². The quantitative estimate of drug-likeness (QED) is 0.712. The molecule has 1 aliphatic rings. The van der Waals surface area contributed by atoms with Crippen LogP contribution >= 0.6 is 0 Å². The number of nitrogens with two attached hydrogens (primary N) is 1. The predicted molar refractivity (Wildman–Crippen MR) is 52.1 cm³/mol. The van der Waals surface area contributed by atoms with E-state index in [1.54, 1.807) is 12.1 Å². The average Bonchev–Trinajstić information content (AvgIpc) is 2.75. The van der Waals surface area contributed by atoms with E-state index in [2.05, 4.69) is 4.90 Å². The first-order valence-electron chi connectivity index (χ1n) is 4.80. The summed E-state index contributed by atoms with van der Waals surface area (Å²) in [6.07, 6.45) is 2.49. The lowest BCUT2D eigenvalue weighted by Gasteiger charge is -2.12. The van der Waals surface area contributed by atoms with E-state index in [1.165, 1.54) is 6.26 Å². The van der Waals surface area contributed by atoms with Crippen LogP contribution < -0.4 is 5.73 Å². The Hall–Kier alpha value is -1.13. The monoisotopic (exact) mass is 194 g/mol. The maximum absolute atomic E-state index is 11.6. The third-order valence-corrected chi connectivity index (χ3v) is 2.47. The summed E-state index contributed by atoms with van der Waals surface area (Å²) in [5.41, 5.74) is 5.74. The van der Waals surface area contributed by atoms with Gasteiger partial charge in [-0.2, -0.15) is 0 Å². The van der Waals surface area contributed by atoms with Crippen LogP contribution in [0, 0.1) is 0 Å². The number of hydrogen-bond acceptors (Lipinski definition) is 4. The van der Waals surface area contributed by atoms with Crippen molar-refractivity contribution in [2.45, 2.75) is 12.5 Å². The van der Waals surface area contributed by atoms with Gasteiger partial charge in [0.15, 0.2) is 5.76 Å². The van der Waals surface area contributed by atoms with Crippen LogP contribution in [-0.4, -0.2) is 36.4 Å². The number of Topliss-reactive ketones (excluding diaryl/α,β-unsaturated/α-hetero) is 1. The van der Waals surface area contributed by atoms with E-state index in [0.29, 0.717) is 12.3 Å². The maximum atomic E-state index is 11.6. The number of furan rings is 1. The van der Waals surface area contributed by atoms with Crippen LogP contribution in [0.3, 0.4) is 0 Å². The minimum Gasteiger partial charge on any atom is -0.461 e. The SMILES string of the molecule is N[C@H]1CCN(CC(=O)c2ccco2)C1. The summed E-state index contributed by atoms with van der Waals surface area (Å²) in [4.78, 5) is 13.7. The van der Waals surface area contributed by atoms with Crippen LogP contribution in [-0.2, 0) is 0 Å². The number of carbonyl (C=O) groups excluding carboxylic acids is 1. The first kappa shape index (κ1) is 9.43. The lowest BCUT2D eigenvalue weighted by molar-refractivity contribution is 0.0917. The van der Waals surface area contributed by atoms with Gasteiger partial charge in [-0.05, 0) is 18.6 Å². The number of carbonyl (C=O) groups is 1. The molecule has 1 saturated heterocycles. The molecule has 0 saturated carbocycles. The zero-order valence-corrected chi connectivity index (χ0v) is 7.98. The summed E-state index contributed by atoms with van der Waals surface area (Å²) < 4.78 is 5.02. The van der Waals surface area contributed by atoms with Gasteiger partial charge in [0.05, 0.1) is 12.8 Å². The van der Waals surface area contributed by atoms with E-state index < -0.39 is 0 Å². The van der Waals surface area contributed by atoms with Gasteiger partial charge in [0, 0.05) is 19.1 Å². The highest BCUT2D eigenvalue weighted by molar-refractivity contribution is 5.95.